The minimum atomic E-state index is 0.0710. The van der Waals surface area contributed by atoms with E-state index in [9.17, 15) is 4.79 Å². The van der Waals surface area contributed by atoms with Crippen LogP contribution in [0.15, 0.2) is 0 Å². The highest BCUT2D eigenvalue weighted by Crippen LogP contribution is 2.14. The van der Waals surface area contributed by atoms with E-state index in [1.807, 2.05) is 6.92 Å². The van der Waals surface area contributed by atoms with Crippen LogP contribution in [-0.4, -0.2) is 31.2 Å². The Morgan fingerprint density at radius 3 is 3.00 bits per heavy atom. The Hall–Kier alpha value is -0.610. The fourth-order valence-corrected chi connectivity index (χ4v) is 2.03. The highest BCUT2D eigenvalue weighted by Gasteiger charge is 2.22. The fourth-order valence-electron chi connectivity index (χ4n) is 2.03. The summed E-state index contributed by atoms with van der Waals surface area (Å²) in [5, 5.41) is 3.10. The smallest absolute Gasteiger partial charge is 0.223 e. The Kier molecular flexibility index (Phi) is 5.77. The zero-order chi connectivity index (χ0) is 12.0. The van der Waals surface area contributed by atoms with Crippen LogP contribution in [0.2, 0.25) is 0 Å². The number of rotatable bonds is 5. The lowest BCUT2D eigenvalue weighted by molar-refractivity contribution is -0.126. The molecule has 0 aromatic heterocycles. The summed E-state index contributed by atoms with van der Waals surface area (Å²) in [7, 11) is 0. The van der Waals surface area contributed by atoms with Crippen LogP contribution < -0.4 is 11.1 Å². The SMILES string of the molecule is CC1CC(NC(=O)C(C)CCCN)CCO1. The van der Waals surface area contributed by atoms with E-state index in [1.165, 1.54) is 0 Å². The van der Waals surface area contributed by atoms with Gasteiger partial charge < -0.3 is 15.8 Å². The van der Waals surface area contributed by atoms with Crippen molar-refractivity contribution in [3.05, 3.63) is 0 Å². The van der Waals surface area contributed by atoms with Crippen LogP contribution in [0.3, 0.4) is 0 Å². The third kappa shape index (κ3) is 4.49. The van der Waals surface area contributed by atoms with Gasteiger partial charge in [0.25, 0.3) is 0 Å². The molecule has 4 nitrogen and oxygen atoms in total. The standard InChI is InChI=1S/C12H24N2O2/c1-9(4-3-6-13)12(15)14-11-5-7-16-10(2)8-11/h9-11H,3-8,13H2,1-2H3,(H,14,15). The average molecular weight is 228 g/mol. The normalized spacial score (nSPS) is 27.4. The summed E-state index contributed by atoms with van der Waals surface area (Å²) in [5.74, 6) is 0.231. The van der Waals surface area contributed by atoms with Crippen LogP contribution in [0.5, 0.6) is 0 Å². The largest absolute Gasteiger partial charge is 0.378 e. The number of hydrogen-bond acceptors (Lipinski definition) is 3. The van der Waals surface area contributed by atoms with E-state index >= 15 is 0 Å². The molecule has 94 valence electrons. The van der Waals surface area contributed by atoms with Crippen molar-refractivity contribution in [3.8, 4) is 0 Å². The molecule has 1 aliphatic heterocycles. The lowest BCUT2D eigenvalue weighted by Gasteiger charge is -2.28. The maximum Gasteiger partial charge on any atom is 0.223 e. The molecule has 1 amide bonds. The Balaban J connectivity index is 2.26. The molecule has 0 aliphatic carbocycles. The summed E-state index contributed by atoms with van der Waals surface area (Å²) in [5.41, 5.74) is 5.43. The molecule has 3 unspecified atom stereocenters. The molecule has 3 atom stereocenters. The molecule has 0 radical (unpaired) electrons. The van der Waals surface area contributed by atoms with E-state index in [1.54, 1.807) is 0 Å². The van der Waals surface area contributed by atoms with Gasteiger partial charge >= 0.3 is 0 Å². The molecule has 3 N–H and O–H groups in total. The molecule has 1 heterocycles. The molecule has 0 spiro atoms. The Bertz CT molecular complexity index is 221. The molecular weight excluding hydrogens is 204 g/mol. The van der Waals surface area contributed by atoms with Gasteiger partial charge in [-0.05, 0) is 39.2 Å². The zero-order valence-electron chi connectivity index (χ0n) is 10.4. The number of carbonyl (C=O) groups excluding carboxylic acids is 1. The number of amides is 1. The number of hydrogen-bond donors (Lipinski definition) is 2. The first kappa shape index (κ1) is 13.5. The van der Waals surface area contributed by atoms with Crippen LogP contribution in [0.25, 0.3) is 0 Å². The number of ether oxygens (including phenoxy) is 1. The van der Waals surface area contributed by atoms with Gasteiger partial charge in [-0.15, -0.1) is 0 Å². The maximum atomic E-state index is 11.8. The summed E-state index contributed by atoms with van der Waals surface area (Å²) in [6.45, 7) is 5.43. The molecule has 16 heavy (non-hydrogen) atoms. The fraction of sp³-hybridized carbons (Fsp3) is 0.917. The summed E-state index contributed by atoms with van der Waals surface area (Å²) >= 11 is 0. The van der Waals surface area contributed by atoms with Gasteiger partial charge in [-0.25, -0.2) is 0 Å². The molecule has 1 aliphatic rings. The topological polar surface area (TPSA) is 64.4 Å². The van der Waals surface area contributed by atoms with Gasteiger partial charge in [0.05, 0.1) is 6.10 Å². The third-order valence-corrected chi connectivity index (χ3v) is 3.12. The maximum absolute atomic E-state index is 11.8. The van der Waals surface area contributed by atoms with Gasteiger partial charge in [-0.3, -0.25) is 4.79 Å². The van der Waals surface area contributed by atoms with Crippen LogP contribution >= 0.6 is 0 Å². The summed E-state index contributed by atoms with van der Waals surface area (Å²) in [4.78, 5) is 11.8. The van der Waals surface area contributed by atoms with Crippen molar-refractivity contribution in [3.63, 3.8) is 0 Å². The Morgan fingerprint density at radius 2 is 2.38 bits per heavy atom. The molecule has 1 fully saturated rings. The second-order valence-electron chi connectivity index (χ2n) is 4.74. The molecule has 0 bridgehead atoms. The summed E-state index contributed by atoms with van der Waals surface area (Å²) < 4.78 is 5.45. The minimum absolute atomic E-state index is 0.0710. The van der Waals surface area contributed by atoms with E-state index < -0.39 is 0 Å². The summed E-state index contributed by atoms with van der Waals surface area (Å²) in [6.07, 6.45) is 3.91. The van der Waals surface area contributed by atoms with Crippen molar-refractivity contribution in [2.45, 2.75) is 51.7 Å². The molecule has 0 aromatic carbocycles. The predicted molar refractivity (Wildman–Crippen MR) is 64.0 cm³/mol. The first-order valence-corrected chi connectivity index (χ1v) is 6.25. The molecule has 1 rings (SSSR count). The quantitative estimate of drug-likeness (QED) is 0.739. The first-order valence-electron chi connectivity index (χ1n) is 6.25. The number of nitrogens with one attached hydrogen (secondary N) is 1. The monoisotopic (exact) mass is 228 g/mol. The van der Waals surface area contributed by atoms with Gasteiger partial charge in [0.1, 0.15) is 0 Å². The van der Waals surface area contributed by atoms with Crippen molar-refractivity contribution in [1.82, 2.24) is 5.32 Å². The number of carbonyl (C=O) groups is 1. The van der Waals surface area contributed by atoms with Gasteiger partial charge in [-0.2, -0.15) is 0 Å². The van der Waals surface area contributed by atoms with Crippen LogP contribution in [0.1, 0.15) is 39.5 Å². The van der Waals surface area contributed by atoms with E-state index in [0.717, 1.165) is 32.3 Å². The highest BCUT2D eigenvalue weighted by atomic mass is 16.5. The lowest BCUT2D eigenvalue weighted by Crippen LogP contribution is -2.43. The van der Waals surface area contributed by atoms with Crippen molar-refractivity contribution in [2.75, 3.05) is 13.2 Å². The lowest BCUT2D eigenvalue weighted by atomic mass is 10.0. The van der Waals surface area contributed by atoms with Crippen LogP contribution in [0.4, 0.5) is 0 Å². The second kappa shape index (κ2) is 6.86. The van der Waals surface area contributed by atoms with E-state index in [4.69, 9.17) is 10.5 Å². The minimum Gasteiger partial charge on any atom is -0.378 e. The Labute approximate surface area is 97.9 Å². The van der Waals surface area contributed by atoms with E-state index in [2.05, 4.69) is 12.2 Å². The van der Waals surface area contributed by atoms with Gasteiger partial charge in [0.15, 0.2) is 0 Å². The molecular formula is C12H24N2O2. The number of nitrogens with two attached hydrogens (primary N) is 1. The summed E-state index contributed by atoms with van der Waals surface area (Å²) in [6, 6.07) is 0.288. The Morgan fingerprint density at radius 1 is 1.62 bits per heavy atom. The molecule has 1 saturated heterocycles. The predicted octanol–water partition coefficient (Wildman–Crippen LogP) is 1.05. The highest BCUT2D eigenvalue weighted by molar-refractivity contribution is 5.78. The van der Waals surface area contributed by atoms with Gasteiger partial charge in [0, 0.05) is 18.6 Å². The van der Waals surface area contributed by atoms with Crippen LogP contribution in [-0.2, 0) is 9.53 Å². The molecule has 4 heteroatoms. The van der Waals surface area contributed by atoms with Crippen LogP contribution in [0, 0.1) is 5.92 Å². The van der Waals surface area contributed by atoms with Crippen molar-refractivity contribution >= 4 is 5.91 Å². The van der Waals surface area contributed by atoms with Crippen molar-refractivity contribution < 1.29 is 9.53 Å². The van der Waals surface area contributed by atoms with Crippen molar-refractivity contribution in [2.24, 2.45) is 11.7 Å². The first-order chi connectivity index (χ1) is 7.63. The van der Waals surface area contributed by atoms with Gasteiger partial charge in [-0.1, -0.05) is 6.92 Å². The average Bonchev–Trinajstić information content (AvgIpc) is 2.25. The van der Waals surface area contributed by atoms with Gasteiger partial charge in [0.2, 0.25) is 5.91 Å². The molecule has 0 aromatic rings. The second-order valence-corrected chi connectivity index (χ2v) is 4.74. The molecule has 0 saturated carbocycles. The van der Waals surface area contributed by atoms with Crippen molar-refractivity contribution in [1.29, 1.82) is 0 Å². The third-order valence-electron chi connectivity index (χ3n) is 3.12. The van der Waals surface area contributed by atoms with E-state index in [0.29, 0.717) is 6.54 Å². The zero-order valence-corrected chi connectivity index (χ0v) is 10.4. The van der Waals surface area contributed by atoms with E-state index in [-0.39, 0.29) is 24.0 Å².